The molecule has 0 spiro atoms. The number of pyridine rings is 1. The van der Waals surface area contributed by atoms with Crippen molar-refractivity contribution in [3.05, 3.63) is 64.1 Å². The second kappa shape index (κ2) is 8.45. The van der Waals surface area contributed by atoms with Gasteiger partial charge in [0.1, 0.15) is 5.69 Å². The Morgan fingerprint density at radius 3 is 2.41 bits per heavy atom. The first kappa shape index (κ1) is 20.8. The van der Waals surface area contributed by atoms with E-state index < -0.39 is 0 Å². The molecule has 1 aromatic carbocycles. The molecule has 2 bridgehead atoms. The van der Waals surface area contributed by atoms with Gasteiger partial charge in [-0.15, -0.1) is 0 Å². The highest BCUT2D eigenvalue weighted by Crippen LogP contribution is 2.36. The fourth-order valence-electron chi connectivity index (χ4n) is 5.54. The van der Waals surface area contributed by atoms with E-state index >= 15 is 0 Å². The van der Waals surface area contributed by atoms with Gasteiger partial charge in [0.25, 0.3) is 11.5 Å². The summed E-state index contributed by atoms with van der Waals surface area (Å²) in [4.78, 5) is 41.6. The van der Waals surface area contributed by atoms with E-state index in [1.54, 1.807) is 6.92 Å². The third kappa shape index (κ3) is 3.92. The maximum atomic E-state index is 13.3. The normalized spacial score (nSPS) is 22.9. The Labute approximate surface area is 188 Å². The molecule has 7 nitrogen and oxygen atoms in total. The number of carbonyl (C=O) groups excluding carboxylic acids is 2. The molecule has 0 radical (unpaired) electrons. The molecule has 4 heterocycles. The van der Waals surface area contributed by atoms with E-state index in [9.17, 15) is 14.4 Å². The van der Waals surface area contributed by atoms with Crippen LogP contribution in [0.1, 0.15) is 48.2 Å². The lowest BCUT2D eigenvalue weighted by Crippen LogP contribution is -2.49. The topological polar surface area (TPSA) is 74.7 Å². The van der Waals surface area contributed by atoms with Gasteiger partial charge in [-0.05, 0) is 49.4 Å². The summed E-state index contributed by atoms with van der Waals surface area (Å²) in [6, 6.07) is 13.6. The van der Waals surface area contributed by atoms with Crippen LogP contribution in [0.2, 0.25) is 0 Å². The molecular formula is C25H30N4O3. The fourth-order valence-corrected chi connectivity index (χ4v) is 5.54. The monoisotopic (exact) mass is 434 g/mol. The molecule has 3 aliphatic heterocycles. The van der Waals surface area contributed by atoms with Crippen molar-refractivity contribution >= 4 is 17.5 Å². The molecule has 2 amide bonds. The van der Waals surface area contributed by atoms with Crippen LogP contribution in [-0.4, -0.2) is 58.4 Å². The first-order valence-corrected chi connectivity index (χ1v) is 11.6. The molecule has 2 saturated heterocycles. The average Bonchev–Trinajstić information content (AvgIpc) is 2.81. The number of fused-ring (bicyclic) bond motifs is 4. The highest BCUT2D eigenvalue weighted by atomic mass is 16.2. The van der Waals surface area contributed by atoms with Gasteiger partial charge in [-0.2, -0.15) is 0 Å². The van der Waals surface area contributed by atoms with Crippen molar-refractivity contribution in [1.82, 2.24) is 14.4 Å². The quantitative estimate of drug-likeness (QED) is 0.806. The Hall–Kier alpha value is -3.09. The number of nitrogens with zero attached hydrogens (tertiary/aromatic N) is 3. The zero-order valence-electron chi connectivity index (χ0n) is 18.5. The standard InChI is InChI=1S/C25H30N4O3/c1-17(30)27-11-9-21(10-12-27)26-22-7-8-23-20-13-18(15-29(23)25(22)32)14-28(16-20)24(31)19-5-3-2-4-6-19/h2-8,18,20-21,26H,9-16H2,1H3. The number of hydrogen-bond acceptors (Lipinski definition) is 4. The van der Waals surface area contributed by atoms with Crippen molar-refractivity contribution in [3.8, 4) is 0 Å². The van der Waals surface area contributed by atoms with Crippen LogP contribution in [0.3, 0.4) is 0 Å². The van der Waals surface area contributed by atoms with Crippen LogP contribution in [0.4, 0.5) is 5.69 Å². The van der Waals surface area contributed by atoms with Crippen molar-refractivity contribution in [2.75, 3.05) is 31.5 Å². The van der Waals surface area contributed by atoms with Crippen molar-refractivity contribution in [3.63, 3.8) is 0 Å². The van der Waals surface area contributed by atoms with E-state index in [1.165, 1.54) is 0 Å². The Morgan fingerprint density at radius 1 is 0.938 bits per heavy atom. The van der Waals surface area contributed by atoms with Crippen molar-refractivity contribution in [2.24, 2.45) is 5.92 Å². The lowest BCUT2D eigenvalue weighted by molar-refractivity contribution is -0.129. The predicted octanol–water partition coefficient (Wildman–Crippen LogP) is 2.53. The lowest BCUT2D eigenvalue weighted by atomic mass is 9.83. The van der Waals surface area contributed by atoms with Gasteiger partial charge in [-0.25, -0.2) is 0 Å². The number of aromatic nitrogens is 1. The Balaban J connectivity index is 1.31. The highest BCUT2D eigenvalue weighted by Gasteiger charge is 2.37. The molecule has 7 heteroatoms. The van der Waals surface area contributed by atoms with Gasteiger partial charge in [-0.1, -0.05) is 18.2 Å². The number of piperidine rings is 2. The molecule has 2 unspecified atom stereocenters. The molecule has 32 heavy (non-hydrogen) atoms. The largest absolute Gasteiger partial charge is 0.378 e. The van der Waals surface area contributed by atoms with Gasteiger partial charge < -0.3 is 19.7 Å². The maximum Gasteiger partial charge on any atom is 0.274 e. The number of likely N-dealkylation sites (tertiary alicyclic amines) is 2. The number of amides is 2. The van der Waals surface area contributed by atoms with Crippen LogP contribution in [-0.2, 0) is 11.3 Å². The van der Waals surface area contributed by atoms with Gasteiger partial charge in [-0.3, -0.25) is 14.4 Å². The number of hydrogen-bond donors (Lipinski definition) is 1. The zero-order valence-corrected chi connectivity index (χ0v) is 18.5. The van der Waals surface area contributed by atoms with Crippen LogP contribution in [0.25, 0.3) is 0 Å². The molecular weight excluding hydrogens is 404 g/mol. The van der Waals surface area contributed by atoms with E-state index in [1.807, 2.05) is 50.8 Å². The minimum atomic E-state index is 0.0361. The van der Waals surface area contributed by atoms with E-state index in [4.69, 9.17) is 0 Å². The molecule has 168 valence electrons. The summed E-state index contributed by atoms with van der Waals surface area (Å²) in [5.74, 6) is 0.673. The molecule has 5 rings (SSSR count). The number of nitrogens with one attached hydrogen (secondary N) is 1. The smallest absolute Gasteiger partial charge is 0.274 e. The average molecular weight is 435 g/mol. The van der Waals surface area contributed by atoms with E-state index in [0.29, 0.717) is 31.2 Å². The molecule has 1 aromatic heterocycles. The van der Waals surface area contributed by atoms with E-state index in [2.05, 4.69) is 11.4 Å². The van der Waals surface area contributed by atoms with Gasteiger partial charge in [0.05, 0.1) is 0 Å². The molecule has 2 fully saturated rings. The third-order valence-corrected chi connectivity index (χ3v) is 7.21. The minimum absolute atomic E-state index is 0.0361. The Bertz CT molecular complexity index is 1070. The van der Waals surface area contributed by atoms with Crippen LogP contribution < -0.4 is 10.9 Å². The van der Waals surface area contributed by atoms with Crippen LogP contribution in [0.5, 0.6) is 0 Å². The molecule has 0 aliphatic carbocycles. The minimum Gasteiger partial charge on any atom is -0.378 e. The SMILES string of the molecule is CC(=O)N1CCC(Nc2ccc3n(c2=O)CC2CC3CN(C(=O)c3ccccc3)C2)CC1. The molecule has 3 aliphatic rings. The summed E-state index contributed by atoms with van der Waals surface area (Å²) in [7, 11) is 0. The summed E-state index contributed by atoms with van der Waals surface area (Å²) >= 11 is 0. The van der Waals surface area contributed by atoms with Gasteiger partial charge in [0.2, 0.25) is 5.91 Å². The predicted molar refractivity (Wildman–Crippen MR) is 123 cm³/mol. The van der Waals surface area contributed by atoms with Crippen LogP contribution in [0, 0.1) is 5.92 Å². The number of anilines is 1. The Kier molecular flexibility index (Phi) is 5.49. The third-order valence-electron chi connectivity index (χ3n) is 7.21. The summed E-state index contributed by atoms with van der Waals surface area (Å²) in [5.41, 5.74) is 2.44. The van der Waals surface area contributed by atoms with E-state index in [0.717, 1.165) is 43.6 Å². The molecule has 2 atom stereocenters. The van der Waals surface area contributed by atoms with Crippen LogP contribution >= 0.6 is 0 Å². The molecule has 0 saturated carbocycles. The first-order chi connectivity index (χ1) is 15.5. The Morgan fingerprint density at radius 2 is 1.69 bits per heavy atom. The summed E-state index contributed by atoms with van der Waals surface area (Å²) in [6.45, 7) is 5.07. The van der Waals surface area contributed by atoms with E-state index in [-0.39, 0.29) is 29.3 Å². The van der Waals surface area contributed by atoms with Gasteiger partial charge in [0.15, 0.2) is 0 Å². The summed E-state index contributed by atoms with van der Waals surface area (Å²) in [5, 5.41) is 3.44. The maximum absolute atomic E-state index is 13.3. The van der Waals surface area contributed by atoms with Crippen molar-refractivity contribution < 1.29 is 9.59 Å². The number of rotatable bonds is 3. The second-order valence-corrected chi connectivity index (χ2v) is 9.39. The number of carbonyl (C=O) groups is 2. The van der Waals surface area contributed by atoms with Crippen molar-refractivity contribution in [1.29, 1.82) is 0 Å². The van der Waals surface area contributed by atoms with Gasteiger partial charge in [0, 0.05) is 62.9 Å². The first-order valence-electron chi connectivity index (χ1n) is 11.6. The zero-order chi connectivity index (χ0) is 22.2. The summed E-state index contributed by atoms with van der Waals surface area (Å²) < 4.78 is 1.93. The summed E-state index contributed by atoms with van der Waals surface area (Å²) in [6.07, 6.45) is 2.72. The van der Waals surface area contributed by atoms with Gasteiger partial charge >= 0.3 is 0 Å². The molecule has 2 aromatic rings. The molecule has 1 N–H and O–H groups in total. The number of benzene rings is 1. The highest BCUT2D eigenvalue weighted by molar-refractivity contribution is 5.94. The van der Waals surface area contributed by atoms with Crippen LogP contribution in [0.15, 0.2) is 47.3 Å². The lowest BCUT2D eigenvalue weighted by Gasteiger charge is -2.43. The van der Waals surface area contributed by atoms with Crippen molar-refractivity contribution in [2.45, 2.75) is 44.7 Å². The second-order valence-electron chi connectivity index (χ2n) is 9.39. The fraction of sp³-hybridized carbons (Fsp3) is 0.480.